The van der Waals surface area contributed by atoms with E-state index in [0.29, 0.717) is 35.9 Å². The zero-order valence-electron chi connectivity index (χ0n) is 19.6. The second kappa shape index (κ2) is 10.9. The van der Waals surface area contributed by atoms with Gasteiger partial charge in [0.25, 0.3) is 5.91 Å². The summed E-state index contributed by atoms with van der Waals surface area (Å²) in [5.41, 5.74) is 0.964. The molecule has 9 heteroatoms. The number of ether oxygens (including phenoxy) is 3. The van der Waals surface area contributed by atoms with Crippen LogP contribution in [0.25, 0.3) is 0 Å². The number of likely N-dealkylation sites (tertiary alicyclic amines) is 1. The SMILES string of the molecule is COc1ccc([C@@H](C)NS(=O)(=O)c2ccc(OC)c(C(=O)N3CCCCCC3)c2)cc1OC. The molecule has 0 aromatic heterocycles. The Kier molecular flexibility index (Phi) is 8.20. The average molecular weight is 477 g/mol. The number of amides is 1. The quantitative estimate of drug-likeness (QED) is 0.623. The van der Waals surface area contributed by atoms with Crippen molar-refractivity contribution in [2.45, 2.75) is 43.5 Å². The molecule has 1 atom stereocenters. The van der Waals surface area contributed by atoms with Crippen LogP contribution in [0, 0.1) is 0 Å². The number of rotatable bonds is 8. The Morgan fingerprint density at radius 3 is 2.09 bits per heavy atom. The zero-order chi connectivity index (χ0) is 24.0. The number of sulfonamides is 1. The highest BCUT2D eigenvalue weighted by Crippen LogP contribution is 2.31. The maximum absolute atomic E-state index is 13.2. The lowest BCUT2D eigenvalue weighted by Gasteiger charge is -2.22. The van der Waals surface area contributed by atoms with Crippen LogP contribution in [0.3, 0.4) is 0 Å². The predicted molar refractivity (Wildman–Crippen MR) is 126 cm³/mol. The van der Waals surface area contributed by atoms with Crippen LogP contribution in [0.4, 0.5) is 0 Å². The van der Waals surface area contributed by atoms with Crippen molar-refractivity contribution in [1.29, 1.82) is 0 Å². The Hall–Kier alpha value is -2.78. The van der Waals surface area contributed by atoms with E-state index in [2.05, 4.69) is 4.72 Å². The first-order valence-electron chi connectivity index (χ1n) is 11.0. The molecule has 1 heterocycles. The molecule has 2 aromatic rings. The third-order valence-corrected chi connectivity index (χ3v) is 7.38. The summed E-state index contributed by atoms with van der Waals surface area (Å²) < 4.78 is 44.9. The molecular formula is C24H32N2O6S. The molecule has 1 N–H and O–H groups in total. The van der Waals surface area contributed by atoms with Gasteiger partial charge in [-0.2, -0.15) is 0 Å². The standard InChI is InChI=1S/C24H32N2O6S/c1-17(18-9-11-22(31-3)23(15-18)32-4)25-33(28,29)19-10-12-21(30-2)20(16-19)24(27)26-13-7-5-6-8-14-26/h9-12,15-17,25H,5-8,13-14H2,1-4H3/t17-/m1/s1. The first kappa shape index (κ1) is 24.9. The van der Waals surface area contributed by atoms with E-state index >= 15 is 0 Å². The van der Waals surface area contributed by atoms with E-state index in [4.69, 9.17) is 14.2 Å². The van der Waals surface area contributed by atoms with Crippen molar-refractivity contribution in [3.8, 4) is 17.2 Å². The molecule has 2 aromatic carbocycles. The average Bonchev–Trinajstić information content (AvgIpc) is 3.12. The molecule has 180 valence electrons. The van der Waals surface area contributed by atoms with Gasteiger partial charge in [-0.25, -0.2) is 13.1 Å². The first-order chi connectivity index (χ1) is 15.8. The number of carbonyl (C=O) groups excluding carboxylic acids is 1. The van der Waals surface area contributed by atoms with Crippen LogP contribution >= 0.6 is 0 Å². The fourth-order valence-corrected chi connectivity index (χ4v) is 5.21. The summed E-state index contributed by atoms with van der Waals surface area (Å²) in [5.74, 6) is 1.22. The molecule has 1 amide bonds. The highest BCUT2D eigenvalue weighted by atomic mass is 32.2. The van der Waals surface area contributed by atoms with Crippen molar-refractivity contribution in [3.63, 3.8) is 0 Å². The van der Waals surface area contributed by atoms with E-state index in [-0.39, 0.29) is 16.4 Å². The summed E-state index contributed by atoms with van der Waals surface area (Å²) in [4.78, 5) is 15.0. The van der Waals surface area contributed by atoms with Gasteiger partial charge in [0.1, 0.15) is 5.75 Å². The molecule has 3 rings (SSSR count). The van der Waals surface area contributed by atoms with Crippen molar-refractivity contribution in [3.05, 3.63) is 47.5 Å². The Labute approximate surface area is 195 Å². The summed E-state index contributed by atoms with van der Waals surface area (Å²) >= 11 is 0. The molecule has 0 radical (unpaired) electrons. The molecule has 0 bridgehead atoms. The maximum Gasteiger partial charge on any atom is 0.257 e. The molecular weight excluding hydrogens is 444 g/mol. The van der Waals surface area contributed by atoms with Gasteiger partial charge in [-0.05, 0) is 55.7 Å². The largest absolute Gasteiger partial charge is 0.496 e. The Bertz CT molecular complexity index is 1080. The van der Waals surface area contributed by atoms with Crippen LogP contribution in [-0.2, 0) is 10.0 Å². The molecule has 0 aliphatic carbocycles. The second-order valence-electron chi connectivity index (χ2n) is 8.03. The van der Waals surface area contributed by atoms with Crippen LogP contribution in [0.15, 0.2) is 41.3 Å². The van der Waals surface area contributed by atoms with Gasteiger partial charge in [-0.1, -0.05) is 18.9 Å². The lowest BCUT2D eigenvalue weighted by molar-refractivity contribution is 0.0758. The van der Waals surface area contributed by atoms with E-state index in [0.717, 1.165) is 25.7 Å². The second-order valence-corrected chi connectivity index (χ2v) is 9.74. The van der Waals surface area contributed by atoms with E-state index in [1.54, 1.807) is 30.0 Å². The van der Waals surface area contributed by atoms with E-state index in [1.807, 2.05) is 0 Å². The van der Waals surface area contributed by atoms with E-state index in [9.17, 15) is 13.2 Å². The van der Waals surface area contributed by atoms with Gasteiger partial charge < -0.3 is 19.1 Å². The molecule has 0 saturated carbocycles. The predicted octanol–water partition coefficient (Wildman–Crippen LogP) is 3.77. The van der Waals surface area contributed by atoms with Crippen LogP contribution < -0.4 is 18.9 Å². The van der Waals surface area contributed by atoms with Gasteiger partial charge in [0.15, 0.2) is 11.5 Å². The van der Waals surface area contributed by atoms with E-state index < -0.39 is 16.1 Å². The summed E-state index contributed by atoms with van der Waals surface area (Å²) in [6.45, 7) is 3.06. The lowest BCUT2D eigenvalue weighted by atomic mass is 10.1. The topological polar surface area (TPSA) is 94.2 Å². The number of benzene rings is 2. The molecule has 1 aliphatic rings. The maximum atomic E-state index is 13.2. The van der Waals surface area contributed by atoms with Crippen molar-refractivity contribution >= 4 is 15.9 Å². The summed E-state index contributed by atoms with van der Waals surface area (Å²) in [5, 5.41) is 0. The summed E-state index contributed by atoms with van der Waals surface area (Å²) in [6, 6.07) is 9.06. The van der Waals surface area contributed by atoms with Crippen LogP contribution in [-0.4, -0.2) is 53.6 Å². The van der Waals surface area contributed by atoms with Crippen LogP contribution in [0.1, 0.15) is 54.6 Å². The fraction of sp³-hybridized carbons (Fsp3) is 0.458. The third-order valence-electron chi connectivity index (χ3n) is 5.84. The van der Waals surface area contributed by atoms with Crippen molar-refractivity contribution in [2.24, 2.45) is 0 Å². The van der Waals surface area contributed by atoms with Gasteiger partial charge in [0.05, 0.1) is 31.8 Å². The van der Waals surface area contributed by atoms with Gasteiger partial charge in [-0.3, -0.25) is 4.79 Å². The summed E-state index contributed by atoms with van der Waals surface area (Å²) in [7, 11) is 0.626. The van der Waals surface area contributed by atoms with Gasteiger partial charge in [0.2, 0.25) is 10.0 Å². The van der Waals surface area contributed by atoms with E-state index in [1.165, 1.54) is 39.5 Å². The molecule has 0 unspecified atom stereocenters. The molecule has 0 spiro atoms. The zero-order valence-corrected chi connectivity index (χ0v) is 20.4. The minimum atomic E-state index is -3.91. The minimum Gasteiger partial charge on any atom is -0.496 e. The number of hydrogen-bond acceptors (Lipinski definition) is 6. The Balaban J connectivity index is 1.87. The van der Waals surface area contributed by atoms with Crippen LogP contribution in [0.2, 0.25) is 0 Å². The van der Waals surface area contributed by atoms with Crippen molar-refractivity contribution in [1.82, 2.24) is 9.62 Å². The normalized spacial score (nSPS) is 15.5. The number of methoxy groups -OCH3 is 3. The van der Waals surface area contributed by atoms with Crippen molar-refractivity contribution < 1.29 is 27.4 Å². The Morgan fingerprint density at radius 1 is 0.879 bits per heavy atom. The smallest absolute Gasteiger partial charge is 0.257 e. The number of nitrogens with zero attached hydrogens (tertiary/aromatic N) is 1. The molecule has 1 saturated heterocycles. The van der Waals surface area contributed by atoms with Gasteiger partial charge >= 0.3 is 0 Å². The van der Waals surface area contributed by atoms with Gasteiger partial charge in [0, 0.05) is 19.1 Å². The van der Waals surface area contributed by atoms with Gasteiger partial charge in [-0.15, -0.1) is 0 Å². The lowest BCUT2D eigenvalue weighted by Crippen LogP contribution is -2.32. The number of hydrogen-bond donors (Lipinski definition) is 1. The highest BCUT2D eigenvalue weighted by molar-refractivity contribution is 7.89. The first-order valence-corrected chi connectivity index (χ1v) is 12.5. The number of carbonyl (C=O) groups is 1. The molecule has 1 fully saturated rings. The molecule has 33 heavy (non-hydrogen) atoms. The van der Waals surface area contributed by atoms with Crippen molar-refractivity contribution in [2.75, 3.05) is 34.4 Å². The highest BCUT2D eigenvalue weighted by Gasteiger charge is 2.25. The minimum absolute atomic E-state index is 0.00815. The fourth-order valence-electron chi connectivity index (χ4n) is 3.96. The monoisotopic (exact) mass is 476 g/mol. The third kappa shape index (κ3) is 5.78. The number of nitrogens with one attached hydrogen (secondary N) is 1. The Morgan fingerprint density at radius 2 is 1.48 bits per heavy atom. The van der Waals surface area contributed by atoms with Crippen LogP contribution in [0.5, 0.6) is 17.2 Å². The molecule has 1 aliphatic heterocycles. The molecule has 8 nitrogen and oxygen atoms in total. The summed E-state index contributed by atoms with van der Waals surface area (Å²) in [6.07, 6.45) is 4.06.